The molecule has 3 nitrogen and oxygen atoms in total. The Morgan fingerprint density at radius 3 is 2.85 bits per heavy atom. The molecular weight excluding hydrogens is 286 g/mol. The predicted molar refractivity (Wildman–Crippen MR) is 85.4 cm³/mol. The normalized spacial score (nSPS) is 25.4. The van der Waals surface area contributed by atoms with Crippen molar-refractivity contribution in [2.45, 2.75) is 41.8 Å². The van der Waals surface area contributed by atoms with E-state index in [9.17, 15) is 0 Å². The maximum Gasteiger partial charge on any atom is 0.170 e. The fraction of sp³-hybridized carbons (Fsp3) is 0.467. The number of fused-ring (bicyclic) bond motifs is 1. The third-order valence-corrected chi connectivity index (χ3v) is 5.88. The average molecular weight is 305 g/mol. The number of nitrogens with zero attached hydrogens (tertiary/aromatic N) is 2. The van der Waals surface area contributed by atoms with Crippen molar-refractivity contribution in [2.24, 2.45) is 0 Å². The van der Waals surface area contributed by atoms with E-state index in [2.05, 4.69) is 52.8 Å². The van der Waals surface area contributed by atoms with Crippen LogP contribution in [0.1, 0.15) is 43.4 Å². The predicted octanol–water partition coefficient (Wildman–Crippen LogP) is 3.86. The minimum atomic E-state index is 0.404. The summed E-state index contributed by atoms with van der Waals surface area (Å²) in [6.45, 7) is 5.49. The Hall–Kier alpha value is -0.910. The first-order valence-electron chi connectivity index (χ1n) is 7.05. The number of aromatic nitrogens is 2. The van der Waals surface area contributed by atoms with E-state index in [4.69, 9.17) is 0 Å². The van der Waals surface area contributed by atoms with Gasteiger partial charge in [-0.2, -0.15) is 4.37 Å². The molecule has 0 fully saturated rings. The number of nitrogens with one attached hydrogen (secondary N) is 1. The smallest absolute Gasteiger partial charge is 0.170 e. The molecule has 3 rings (SSSR count). The number of hydrogen-bond acceptors (Lipinski definition) is 5. The minimum absolute atomic E-state index is 0.404. The highest BCUT2D eigenvalue weighted by atomic mass is 32.2. The maximum absolute atomic E-state index is 4.33. The molecule has 0 aliphatic heterocycles. The van der Waals surface area contributed by atoms with E-state index < -0.39 is 0 Å². The zero-order valence-electron chi connectivity index (χ0n) is 11.7. The molecule has 5 heteroatoms. The van der Waals surface area contributed by atoms with Gasteiger partial charge in [0.05, 0.1) is 0 Å². The van der Waals surface area contributed by atoms with Crippen molar-refractivity contribution in [1.82, 2.24) is 14.7 Å². The number of benzene rings is 1. The zero-order chi connectivity index (χ0) is 13.9. The summed E-state index contributed by atoms with van der Waals surface area (Å²) in [5.74, 6) is 0.603. The summed E-state index contributed by atoms with van der Waals surface area (Å²) in [6, 6.07) is 9.24. The summed E-state index contributed by atoms with van der Waals surface area (Å²) in [5, 5.41) is 4.18. The monoisotopic (exact) mass is 305 g/mol. The van der Waals surface area contributed by atoms with Gasteiger partial charge in [-0.15, -0.1) is 0 Å². The highest BCUT2D eigenvalue weighted by molar-refractivity contribution is 8.01. The Morgan fingerprint density at radius 2 is 2.15 bits per heavy atom. The molecule has 1 aliphatic rings. The van der Waals surface area contributed by atoms with E-state index in [-0.39, 0.29) is 0 Å². The molecule has 0 saturated carbocycles. The maximum atomic E-state index is 4.33. The molecule has 3 unspecified atom stereocenters. The molecule has 1 N–H and O–H groups in total. The molecule has 0 spiro atoms. The van der Waals surface area contributed by atoms with E-state index in [0.717, 1.165) is 10.9 Å². The van der Waals surface area contributed by atoms with Crippen molar-refractivity contribution >= 4 is 23.3 Å². The van der Waals surface area contributed by atoms with Crippen LogP contribution >= 0.6 is 23.3 Å². The van der Waals surface area contributed by atoms with Crippen molar-refractivity contribution in [1.29, 1.82) is 0 Å². The quantitative estimate of drug-likeness (QED) is 0.931. The summed E-state index contributed by atoms with van der Waals surface area (Å²) >= 11 is 3.36. The fourth-order valence-corrected chi connectivity index (χ4v) is 5.06. The van der Waals surface area contributed by atoms with Crippen LogP contribution in [-0.2, 0) is 0 Å². The molecule has 1 aromatic heterocycles. The first-order chi connectivity index (χ1) is 9.79. The average Bonchev–Trinajstić information content (AvgIpc) is 2.96. The second-order valence-corrected chi connectivity index (χ2v) is 7.43. The molecule has 1 heterocycles. The van der Waals surface area contributed by atoms with E-state index in [1.807, 2.05) is 11.8 Å². The molecule has 106 valence electrons. The van der Waals surface area contributed by atoms with Gasteiger partial charge >= 0.3 is 0 Å². The van der Waals surface area contributed by atoms with Crippen LogP contribution in [0.5, 0.6) is 0 Å². The Kier molecular flexibility index (Phi) is 4.38. The van der Waals surface area contributed by atoms with E-state index >= 15 is 0 Å². The minimum Gasteiger partial charge on any atom is -0.309 e. The lowest BCUT2D eigenvalue weighted by atomic mass is 9.80. The third kappa shape index (κ3) is 2.75. The SMILES string of the molecule is CCNC1c2ccccc2C(C)CC1Sc1ncns1. The summed E-state index contributed by atoms with van der Waals surface area (Å²) in [5.41, 5.74) is 2.95. The molecule has 3 atom stereocenters. The molecule has 2 aromatic rings. The highest BCUT2D eigenvalue weighted by Gasteiger charge is 2.33. The van der Waals surface area contributed by atoms with Crippen LogP contribution in [0.25, 0.3) is 0 Å². The first-order valence-corrected chi connectivity index (χ1v) is 8.70. The second kappa shape index (κ2) is 6.24. The fourth-order valence-electron chi connectivity index (χ4n) is 2.98. The Balaban J connectivity index is 1.90. The van der Waals surface area contributed by atoms with Gasteiger partial charge in [-0.3, -0.25) is 0 Å². The van der Waals surface area contributed by atoms with Gasteiger partial charge in [-0.1, -0.05) is 49.9 Å². The van der Waals surface area contributed by atoms with Crippen LogP contribution in [0, 0.1) is 0 Å². The molecule has 0 bridgehead atoms. The Morgan fingerprint density at radius 1 is 1.35 bits per heavy atom. The molecule has 0 saturated heterocycles. The van der Waals surface area contributed by atoms with Crippen LogP contribution < -0.4 is 5.32 Å². The topological polar surface area (TPSA) is 37.8 Å². The van der Waals surface area contributed by atoms with Crippen LogP contribution in [0.4, 0.5) is 0 Å². The third-order valence-electron chi connectivity index (χ3n) is 3.84. The van der Waals surface area contributed by atoms with Gasteiger partial charge in [0.25, 0.3) is 0 Å². The lowest BCUT2D eigenvalue weighted by Crippen LogP contribution is -2.35. The lowest BCUT2D eigenvalue weighted by molar-refractivity contribution is 0.453. The molecule has 0 amide bonds. The first kappa shape index (κ1) is 14.0. The molecule has 1 aliphatic carbocycles. The van der Waals surface area contributed by atoms with Gasteiger partial charge in [-0.25, -0.2) is 4.98 Å². The van der Waals surface area contributed by atoms with E-state index in [0.29, 0.717) is 17.2 Å². The summed E-state index contributed by atoms with van der Waals surface area (Å²) < 4.78 is 5.18. The van der Waals surface area contributed by atoms with Gasteiger partial charge in [-0.05, 0) is 41.5 Å². The van der Waals surface area contributed by atoms with Gasteiger partial charge < -0.3 is 5.32 Å². The number of rotatable bonds is 4. The molecular formula is C15H19N3S2. The molecule has 20 heavy (non-hydrogen) atoms. The number of hydrogen-bond donors (Lipinski definition) is 1. The standard InChI is InChI=1S/C15H19N3S2/c1-3-16-14-12-7-5-4-6-11(12)10(2)8-13(14)19-15-17-9-18-20-15/h4-7,9-10,13-14,16H,3,8H2,1-2H3. The van der Waals surface area contributed by atoms with E-state index in [1.165, 1.54) is 29.1 Å². The van der Waals surface area contributed by atoms with Crippen molar-refractivity contribution in [3.8, 4) is 0 Å². The van der Waals surface area contributed by atoms with Crippen LogP contribution in [-0.4, -0.2) is 21.2 Å². The molecule has 0 radical (unpaired) electrons. The zero-order valence-corrected chi connectivity index (χ0v) is 13.4. The molecule has 1 aromatic carbocycles. The van der Waals surface area contributed by atoms with Gasteiger partial charge in [0, 0.05) is 11.3 Å². The van der Waals surface area contributed by atoms with Crippen molar-refractivity contribution in [3.63, 3.8) is 0 Å². The van der Waals surface area contributed by atoms with Gasteiger partial charge in [0.1, 0.15) is 6.33 Å². The lowest BCUT2D eigenvalue weighted by Gasteiger charge is -2.36. The van der Waals surface area contributed by atoms with Crippen molar-refractivity contribution < 1.29 is 0 Å². The largest absolute Gasteiger partial charge is 0.309 e. The van der Waals surface area contributed by atoms with Gasteiger partial charge in [0.2, 0.25) is 0 Å². The second-order valence-electron chi connectivity index (χ2n) is 5.16. The summed E-state index contributed by atoms with van der Waals surface area (Å²) in [7, 11) is 0. The van der Waals surface area contributed by atoms with Crippen LogP contribution in [0.2, 0.25) is 0 Å². The Bertz CT molecular complexity index is 556. The van der Waals surface area contributed by atoms with E-state index in [1.54, 1.807) is 6.33 Å². The highest BCUT2D eigenvalue weighted by Crippen LogP contribution is 2.44. The van der Waals surface area contributed by atoms with Crippen LogP contribution in [0.15, 0.2) is 34.9 Å². The van der Waals surface area contributed by atoms with Crippen LogP contribution in [0.3, 0.4) is 0 Å². The summed E-state index contributed by atoms with van der Waals surface area (Å²) in [4.78, 5) is 4.33. The van der Waals surface area contributed by atoms with Crippen molar-refractivity contribution in [3.05, 3.63) is 41.7 Å². The summed E-state index contributed by atoms with van der Waals surface area (Å²) in [6.07, 6.45) is 2.83. The van der Waals surface area contributed by atoms with Gasteiger partial charge in [0.15, 0.2) is 4.34 Å². The Labute approximate surface area is 128 Å². The number of thioether (sulfide) groups is 1. The van der Waals surface area contributed by atoms with Crippen molar-refractivity contribution in [2.75, 3.05) is 6.54 Å².